The molecule has 36 heavy (non-hydrogen) atoms. The zero-order valence-electron chi connectivity index (χ0n) is 22.1. The van der Waals surface area contributed by atoms with E-state index in [1.54, 1.807) is 11.8 Å². The second-order valence-corrected chi connectivity index (χ2v) is 12.2. The molecule has 2 fully saturated rings. The minimum Gasteiger partial charge on any atom is -0.396 e. The minimum absolute atomic E-state index is 0.0259. The summed E-state index contributed by atoms with van der Waals surface area (Å²) in [5.41, 5.74) is 0. The van der Waals surface area contributed by atoms with E-state index >= 15 is 0 Å². The summed E-state index contributed by atoms with van der Waals surface area (Å²) in [4.78, 5) is 47.9. The summed E-state index contributed by atoms with van der Waals surface area (Å²) in [7, 11) is 0. The van der Waals surface area contributed by atoms with Gasteiger partial charge in [-0.15, -0.1) is 11.8 Å². The van der Waals surface area contributed by atoms with Crippen LogP contribution in [0, 0.1) is 11.8 Å². The molecule has 1 spiro atoms. The van der Waals surface area contributed by atoms with Crippen molar-refractivity contribution in [3.05, 3.63) is 24.3 Å². The van der Waals surface area contributed by atoms with Crippen LogP contribution in [-0.4, -0.2) is 92.4 Å². The molecule has 3 amide bonds. The van der Waals surface area contributed by atoms with Gasteiger partial charge in [-0.05, 0) is 32.6 Å². The Hall–Kier alpha value is -1.80. The fourth-order valence-corrected chi connectivity index (χ4v) is 8.64. The van der Waals surface area contributed by atoms with Crippen LogP contribution in [-0.2, 0) is 14.4 Å². The van der Waals surface area contributed by atoms with Crippen LogP contribution in [0.5, 0.6) is 0 Å². The molecule has 8 heteroatoms. The highest BCUT2D eigenvalue weighted by Crippen LogP contribution is 2.61. The van der Waals surface area contributed by atoms with Gasteiger partial charge in [-0.2, -0.15) is 0 Å². The molecule has 200 valence electrons. The molecule has 2 saturated heterocycles. The Bertz CT molecular complexity index is 892. The first-order valence-corrected chi connectivity index (χ1v) is 14.8. The van der Waals surface area contributed by atoms with Gasteiger partial charge in [0.2, 0.25) is 17.7 Å². The van der Waals surface area contributed by atoms with E-state index in [1.165, 1.54) is 0 Å². The van der Waals surface area contributed by atoms with Gasteiger partial charge in [-0.1, -0.05) is 57.4 Å². The topological polar surface area (TPSA) is 81.2 Å². The Morgan fingerprint density at radius 1 is 1.00 bits per heavy atom. The average molecular weight is 518 g/mol. The highest BCUT2D eigenvalue weighted by molar-refractivity contribution is 8.02. The van der Waals surface area contributed by atoms with Crippen molar-refractivity contribution >= 4 is 29.5 Å². The molecule has 4 heterocycles. The number of likely N-dealkylation sites (tertiary alicyclic amines) is 1. The minimum atomic E-state index is -0.718. The molecule has 0 aromatic carbocycles. The Kier molecular flexibility index (Phi) is 8.87. The standard InChI is InChI=1S/C28H43N3O4S/c1-4-12-20(3)30-18-11-14-28-23(22-21(36-28)13-10-16-29(15-5-2)25(22)33)26(34)31(24(28)27(30)35)17-8-6-7-9-19-32/h10-11,13-14,20-24,32H,4-9,12,15-19H2,1-3H3/t20?,21-,22+,23+,24?,28+/m1/s1. The number of amides is 3. The fourth-order valence-electron chi connectivity index (χ4n) is 6.64. The summed E-state index contributed by atoms with van der Waals surface area (Å²) in [6.07, 6.45) is 14.5. The van der Waals surface area contributed by atoms with Gasteiger partial charge >= 0.3 is 0 Å². The molecule has 4 aliphatic rings. The number of hydrogen-bond donors (Lipinski definition) is 1. The number of carbonyl (C=O) groups excluding carboxylic acids is 3. The molecule has 7 nitrogen and oxygen atoms in total. The molecule has 0 radical (unpaired) electrons. The van der Waals surface area contributed by atoms with Gasteiger partial charge in [0.05, 0.1) is 16.6 Å². The number of aliphatic hydroxyl groups excluding tert-OH is 1. The fraction of sp³-hybridized carbons (Fsp3) is 0.750. The van der Waals surface area contributed by atoms with Crippen molar-refractivity contribution in [2.75, 3.05) is 32.8 Å². The quantitative estimate of drug-likeness (QED) is 0.336. The molecule has 0 saturated carbocycles. The van der Waals surface area contributed by atoms with Crippen LogP contribution in [0.1, 0.15) is 65.7 Å². The first-order valence-electron chi connectivity index (χ1n) is 13.9. The molecule has 4 rings (SSSR count). The number of hydrogen-bond acceptors (Lipinski definition) is 5. The number of carbonyl (C=O) groups is 3. The van der Waals surface area contributed by atoms with Crippen LogP contribution in [0.4, 0.5) is 0 Å². The van der Waals surface area contributed by atoms with Crippen LogP contribution < -0.4 is 0 Å². The first kappa shape index (κ1) is 27.2. The zero-order chi connectivity index (χ0) is 25.9. The second-order valence-electron chi connectivity index (χ2n) is 10.8. The summed E-state index contributed by atoms with van der Waals surface area (Å²) in [6, 6.07) is -0.482. The lowest BCUT2D eigenvalue weighted by Gasteiger charge is -2.37. The monoisotopic (exact) mass is 517 g/mol. The number of fused-ring (bicyclic) bond motifs is 2. The van der Waals surface area contributed by atoms with Crippen LogP contribution in [0.2, 0.25) is 0 Å². The van der Waals surface area contributed by atoms with Crippen LogP contribution in [0.3, 0.4) is 0 Å². The third-order valence-electron chi connectivity index (χ3n) is 8.31. The van der Waals surface area contributed by atoms with Gasteiger partial charge in [0.15, 0.2) is 0 Å². The summed E-state index contributed by atoms with van der Waals surface area (Å²) >= 11 is 1.67. The summed E-state index contributed by atoms with van der Waals surface area (Å²) in [5, 5.41) is 9.03. The Morgan fingerprint density at radius 3 is 2.50 bits per heavy atom. The third kappa shape index (κ3) is 4.75. The second kappa shape index (κ2) is 11.7. The van der Waals surface area contributed by atoms with Gasteiger partial charge in [0.1, 0.15) is 6.04 Å². The van der Waals surface area contributed by atoms with Crippen LogP contribution in [0.25, 0.3) is 0 Å². The number of rotatable bonds is 11. The molecular formula is C28H43N3O4S. The third-order valence-corrected chi connectivity index (χ3v) is 10.1. The summed E-state index contributed by atoms with van der Waals surface area (Å²) < 4.78 is -0.718. The van der Waals surface area contributed by atoms with E-state index in [1.807, 2.05) is 14.7 Å². The van der Waals surface area contributed by atoms with Crippen molar-refractivity contribution in [3.63, 3.8) is 0 Å². The zero-order valence-corrected chi connectivity index (χ0v) is 22.9. The van der Waals surface area contributed by atoms with Gasteiger partial charge in [-0.3, -0.25) is 14.4 Å². The normalized spacial score (nSPS) is 32.4. The van der Waals surface area contributed by atoms with Crippen molar-refractivity contribution in [2.24, 2.45) is 11.8 Å². The summed E-state index contributed by atoms with van der Waals surface area (Å²) in [5.74, 6) is -0.916. The number of thioether (sulfide) groups is 1. The van der Waals surface area contributed by atoms with E-state index in [4.69, 9.17) is 5.11 Å². The van der Waals surface area contributed by atoms with E-state index in [0.717, 1.165) is 44.9 Å². The van der Waals surface area contributed by atoms with Gasteiger partial charge in [-0.25, -0.2) is 0 Å². The Labute approximate surface area is 220 Å². The molecule has 6 atom stereocenters. The van der Waals surface area contributed by atoms with Gasteiger partial charge in [0, 0.05) is 44.1 Å². The lowest BCUT2D eigenvalue weighted by molar-refractivity contribution is -0.145. The largest absolute Gasteiger partial charge is 0.396 e. The highest BCUT2D eigenvalue weighted by Gasteiger charge is 2.70. The molecule has 0 bridgehead atoms. The lowest BCUT2D eigenvalue weighted by atomic mass is 9.78. The number of unbranched alkanes of at least 4 members (excludes halogenated alkanes) is 3. The molecular weight excluding hydrogens is 474 g/mol. The Morgan fingerprint density at radius 2 is 1.78 bits per heavy atom. The van der Waals surface area contributed by atoms with Crippen LogP contribution >= 0.6 is 11.8 Å². The average Bonchev–Trinajstić information content (AvgIpc) is 3.16. The van der Waals surface area contributed by atoms with Gasteiger partial charge < -0.3 is 19.8 Å². The lowest BCUT2D eigenvalue weighted by Crippen LogP contribution is -2.55. The number of aliphatic hydroxyl groups is 1. The maximum Gasteiger partial charge on any atom is 0.247 e. The van der Waals surface area contributed by atoms with E-state index in [2.05, 4.69) is 45.1 Å². The van der Waals surface area contributed by atoms with Crippen molar-refractivity contribution in [2.45, 2.75) is 87.8 Å². The summed E-state index contributed by atoms with van der Waals surface area (Å²) in [6.45, 7) is 8.80. The smallest absolute Gasteiger partial charge is 0.247 e. The predicted molar refractivity (Wildman–Crippen MR) is 143 cm³/mol. The highest BCUT2D eigenvalue weighted by atomic mass is 32.2. The van der Waals surface area contributed by atoms with Crippen molar-refractivity contribution < 1.29 is 19.5 Å². The SMILES string of the molecule is CCCC(C)N1CC=C[C@]23S[C@@H]4C=CCN(CCC)C(=O)[C@@H]4[C@H]2C(=O)N(CCCCCCO)C3C1=O. The van der Waals surface area contributed by atoms with E-state index < -0.39 is 22.6 Å². The maximum absolute atomic E-state index is 14.2. The van der Waals surface area contributed by atoms with Crippen molar-refractivity contribution in [3.8, 4) is 0 Å². The van der Waals surface area contributed by atoms with E-state index in [-0.39, 0.29) is 35.6 Å². The Balaban J connectivity index is 1.71. The molecule has 2 unspecified atom stereocenters. The van der Waals surface area contributed by atoms with E-state index in [9.17, 15) is 14.4 Å². The molecule has 0 aliphatic carbocycles. The van der Waals surface area contributed by atoms with Crippen molar-refractivity contribution in [1.29, 1.82) is 0 Å². The van der Waals surface area contributed by atoms with Crippen LogP contribution in [0.15, 0.2) is 24.3 Å². The van der Waals surface area contributed by atoms with Crippen molar-refractivity contribution in [1.82, 2.24) is 14.7 Å². The molecule has 0 aromatic heterocycles. The first-order chi connectivity index (χ1) is 17.4. The molecule has 1 N–H and O–H groups in total. The molecule has 4 aliphatic heterocycles. The molecule has 0 aromatic rings. The maximum atomic E-state index is 14.2. The number of nitrogens with zero attached hydrogens (tertiary/aromatic N) is 3. The van der Waals surface area contributed by atoms with E-state index in [0.29, 0.717) is 26.2 Å². The predicted octanol–water partition coefficient (Wildman–Crippen LogP) is 3.23. The van der Waals surface area contributed by atoms with Gasteiger partial charge in [0.25, 0.3) is 0 Å².